The quantitative estimate of drug-likeness (QED) is 0.416. The van der Waals surface area contributed by atoms with Gasteiger partial charge in [-0.1, -0.05) is 29.8 Å². The lowest BCUT2D eigenvalue weighted by atomic mass is 10.1. The van der Waals surface area contributed by atoms with Crippen molar-refractivity contribution in [1.82, 2.24) is 0 Å². The summed E-state index contributed by atoms with van der Waals surface area (Å²) >= 11 is 9.38. The van der Waals surface area contributed by atoms with Crippen molar-refractivity contribution in [3.63, 3.8) is 0 Å². The second-order valence-electron chi connectivity index (χ2n) is 4.86. The molecule has 106 valence electrons. The molecule has 1 aromatic carbocycles. The van der Waals surface area contributed by atoms with E-state index in [2.05, 4.69) is 12.3 Å². The molecule has 0 bridgehead atoms. The Morgan fingerprint density at radius 2 is 2.00 bits per heavy atom. The number of carbonyl (C=O) groups is 1. The molecule has 0 aliphatic carbocycles. The molecule has 3 aromatic rings. The number of rotatable bonds is 3. The van der Waals surface area contributed by atoms with Crippen molar-refractivity contribution in [2.45, 2.75) is 13.8 Å². The molecule has 2 aromatic heterocycles. The molecule has 0 aliphatic heterocycles. The van der Waals surface area contributed by atoms with E-state index in [4.69, 9.17) is 11.6 Å². The number of ketones is 1. The lowest BCUT2D eigenvalue weighted by Crippen LogP contribution is -1.92. The zero-order valence-electron chi connectivity index (χ0n) is 11.6. The van der Waals surface area contributed by atoms with E-state index in [1.807, 2.05) is 31.2 Å². The van der Waals surface area contributed by atoms with Crippen LogP contribution in [0, 0.1) is 13.8 Å². The van der Waals surface area contributed by atoms with Crippen LogP contribution in [0.2, 0.25) is 5.02 Å². The van der Waals surface area contributed by atoms with Crippen molar-refractivity contribution < 1.29 is 4.79 Å². The Labute approximate surface area is 136 Å². The molecule has 0 saturated carbocycles. The predicted octanol–water partition coefficient (Wildman–Crippen LogP) is 6.13. The third-order valence-electron chi connectivity index (χ3n) is 3.39. The molecule has 0 radical (unpaired) electrons. The van der Waals surface area contributed by atoms with Crippen LogP contribution in [0.15, 0.2) is 35.7 Å². The van der Waals surface area contributed by atoms with Gasteiger partial charge in [-0.25, -0.2) is 0 Å². The molecule has 2 heterocycles. The SMILES string of the molecule is Cc1csc2sc(C(=O)C=Cc3ccccc3Cl)c(C)c12. The highest BCUT2D eigenvalue weighted by atomic mass is 35.5. The number of thiophene rings is 2. The third-order valence-corrected chi connectivity index (χ3v) is 6.27. The summed E-state index contributed by atoms with van der Waals surface area (Å²) in [5.41, 5.74) is 3.19. The van der Waals surface area contributed by atoms with E-state index >= 15 is 0 Å². The van der Waals surface area contributed by atoms with Gasteiger partial charge in [-0.05, 0) is 54.1 Å². The number of allylic oxidation sites excluding steroid dienone is 1. The van der Waals surface area contributed by atoms with Crippen LogP contribution in [0.3, 0.4) is 0 Å². The minimum Gasteiger partial charge on any atom is -0.288 e. The fraction of sp³-hybridized carbons (Fsp3) is 0.118. The largest absolute Gasteiger partial charge is 0.288 e. The van der Waals surface area contributed by atoms with Gasteiger partial charge in [0.25, 0.3) is 0 Å². The average molecular weight is 333 g/mol. The van der Waals surface area contributed by atoms with Gasteiger partial charge in [0.2, 0.25) is 0 Å². The van der Waals surface area contributed by atoms with E-state index in [0.29, 0.717) is 5.02 Å². The van der Waals surface area contributed by atoms with Gasteiger partial charge in [-0.15, -0.1) is 22.7 Å². The van der Waals surface area contributed by atoms with Crippen molar-refractivity contribution in [2.24, 2.45) is 0 Å². The predicted molar refractivity (Wildman–Crippen MR) is 94.0 cm³/mol. The van der Waals surface area contributed by atoms with Gasteiger partial charge < -0.3 is 0 Å². The third kappa shape index (κ3) is 2.69. The smallest absolute Gasteiger partial charge is 0.196 e. The topological polar surface area (TPSA) is 17.1 Å². The van der Waals surface area contributed by atoms with Gasteiger partial charge in [0.05, 0.1) is 8.89 Å². The lowest BCUT2D eigenvalue weighted by molar-refractivity contribution is 0.105. The van der Waals surface area contributed by atoms with Gasteiger partial charge in [0.15, 0.2) is 5.78 Å². The van der Waals surface area contributed by atoms with E-state index < -0.39 is 0 Å². The summed E-state index contributed by atoms with van der Waals surface area (Å²) in [7, 11) is 0. The number of fused-ring (bicyclic) bond motifs is 1. The Morgan fingerprint density at radius 1 is 1.24 bits per heavy atom. The van der Waals surface area contributed by atoms with E-state index in [0.717, 1.165) is 16.0 Å². The molecule has 0 amide bonds. The van der Waals surface area contributed by atoms with Crippen molar-refractivity contribution in [2.75, 3.05) is 0 Å². The molecule has 0 atom stereocenters. The molecule has 3 rings (SSSR count). The van der Waals surface area contributed by atoms with Crippen molar-refractivity contribution in [3.05, 3.63) is 62.3 Å². The van der Waals surface area contributed by atoms with Gasteiger partial charge in [0.1, 0.15) is 0 Å². The summed E-state index contributed by atoms with van der Waals surface area (Å²) in [5, 5.41) is 4.03. The van der Waals surface area contributed by atoms with Crippen LogP contribution in [0.5, 0.6) is 0 Å². The standard InChI is InChI=1S/C17H13ClOS2/c1-10-9-20-17-15(10)11(2)16(21-17)14(19)8-7-12-5-3-4-6-13(12)18/h3-9H,1-2H3. The monoisotopic (exact) mass is 332 g/mol. The number of hydrogen-bond acceptors (Lipinski definition) is 3. The molecule has 1 nitrogen and oxygen atoms in total. The molecular formula is C17H13ClOS2. The van der Waals surface area contributed by atoms with Crippen molar-refractivity contribution in [1.29, 1.82) is 0 Å². The maximum absolute atomic E-state index is 12.4. The lowest BCUT2D eigenvalue weighted by Gasteiger charge is -1.97. The summed E-state index contributed by atoms with van der Waals surface area (Å²) in [4.78, 5) is 13.2. The molecule has 0 fully saturated rings. The Balaban J connectivity index is 1.94. The summed E-state index contributed by atoms with van der Waals surface area (Å²) in [5.74, 6) is 0.0419. The normalized spacial score (nSPS) is 11.6. The number of carbonyl (C=O) groups excluding carboxylic acids is 1. The first-order valence-electron chi connectivity index (χ1n) is 6.52. The molecule has 0 aliphatic rings. The molecular weight excluding hydrogens is 320 g/mol. The van der Waals surface area contributed by atoms with Crippen LogP contribution < -0.4 is 0 Å². The second kappa shape index (κ2) is 5.76. The number of hydrogen-bond donors (Lipinski definition) is 0. The fourth-order valence-electron chi connectivity index (χ4n) is 2.31. The first kappa shape index (κ1) is 14.5. The Morgan fingerprint density at radius 3 is 2.71 bits per heavy atom. The van der Waals surface area contributed by atoms with E-state index in [1.165, 1.54) is 15.0 Å². The second-order valence-corrected chi connectivity index (χ2v) is 7.42. The highest BCUT2D eigenvalue weighted by molar-refractivity contribution is 7.38. The maximum atomic E-state index is 12.4. The molecule has 0 unspecified atom stereocenters. The van der Waals surface area contributed by atoms with Crippen molar-refractivity contribution >= 4 is 55.5 Å². The van der Waals surface area contributed by atoms with Crippen molar-refractivity contribution in [3.8, 4) is 0 Å². The van der Waals surface area contributed by atoms with Gasteiger partial charge in [-0.2, -0.15) is 0 Å². The number of halogens is 1. The van der Waals surface area contributed by atoms with Gasteiger partial charge in [-0.3, -0.25) is 4.79 Å². The van der Waals surface area contributed by atoms with Crippen LogP contribution in [0.4, 0.5) is 0 Å². The molecule has 0 spiro atoms. The van der Waals surface area contributed by atoms with E-state index in [9.17, 15) is 4.79 Å². The first-order chi connectivity index (χ1) is 10.1. The Hall–Kier alpha value is -1.42. The minimum absolute atomic E-state index is 0.0419. The molecule has 0 N–H and O–H groups in total. The van der Waals surface area contributed by atoms with Crippen LogP contribution in [-0.2, 0) is 0 Å². The van der Waals surface area contributed by atoms with Gasteiger partial charge in [0, 0.05) is 10.4 Å². The number of aryl methyl sites for hydroxylation is 2. The average Bonchev–Trinajstić information content (AvgIpc) is 2.99. The highest BCUT2D eigenvalue weighted by Gasteiger charge is 2.16. The van der Waals surface area contributed by atoms with E-state index in [1.54, 1.807) is 34.8 Å². The molecule has 0 saturated heterocycles. The first-order valence-corrected chi connectivity index (χ1v) is 8.59. The minimum atomic E-state index is 0.0419. The summed E-state index contributed by atoms with van der Waals surface area (Å²) < 4.78 is 1.22. The zero-order chi connectivity index (χ0) is 15.0. The fourth-order valence-corrected chi connectivity index (χ4v) is 4.96. The van der Waals surface area contributed by atoms with Crippen LogP contribution in [-0.4, -0.2) is 5.78 Å². The Kier molecular flexibility index (Phi) is 3.98. The van der Waals surface area contributed by atoms with Gasteiger partial charge >= 0.3 is 0 Å². The maximum Gasteiger partial charge on any atom is 0.196 e. The summed E-state index contributed by atoms with van der Waals surface area (Å²) in [6.07, 6.45) is 3.39. The molecule has 21 heavy (non-hydrogen) atoms. The van der Waals surface area contributed by atoms with E-state index in [-0.39, 0.29) is 5.78 Å². The zero-order valence-corrected chi connectivity index (χ0v) is 14.0. The highest BCUT2D eigenvalue weighted by Crippen LogP contribution is 2.37. The summed E-state index contributed by atoms with van der Waals surface area (Å²) in [6.45, 7) is 4.11. The summed E-state index contributed by atoms with van der Waals surface area (Å²) in [6, 6.07) is 7.51. The molecule has 4 heteroatoms. The van der Waals surface area contributed by atoms with Crippen LogP contribution >= 0.6 is 34.3 Å². The number of benzene rings is 1. The Bertz CT molecular complexity index is 855. The van der Waals surface area contributed by atoms with Crippen LogP contribution in [0.25, 0.3) is 15.5 Å². The van der Waals surface area contributed by atoms with Crippen LogP contribution in [0.1, 0.15) is 26.4 Å².